The maximum absolute atomic E-state index is 12.5. The highest BCUT2D eigenvalue weighted by atomic mass is 16.5. The minimum Gasteiger partial charge on any atom is -0.453 e. The van der Waals surface area contributed by atoms with Crippen molar-refractivity contribution in [1.29, 1.82) is 0 Å². The van der Waals surface area contributed by atoms with Crippen molar-refractivity contribution in [2.75, 3.05) is 18.5 Å². The van der Waals surface area contributed by atoms with Crippen LogP contribution in [0.15, 0.2) is 59.0 Å². The molecule has 1 atom stereocenters. The Morgan fingerprint density at radius 3 is 2.79 bits per heavy atom. The van der Waals surface area contributed by atoms with Gasteiger partial charge in [0.05, 0.1) is 6.61 Å². The number of nitrogens with one attached hydrogen (secondary N) is 2. The number of fused-ring (bicyclic) bond motifs is 1. The molecule has 0 aliphatic carbocycles. The quantitative estimate of drug-likeness (QED) is 0.542. The molecule has 29 heavy (non-hydrogen) atoms. The molecule has 2 aromatic heterocycles. The van der Waals surface area contributed by atoms with Crippen LogP contribution in [0.3, 0.4) is 0 Å². The normalized spacial score (nSPS) is 16.8. The molecule has 3 heterocycles. The van der Waals surface area contributed by atoms with Gasteiger partial charge in [-0.2, -0.15) is 4.98 Å². The number of nitrogens with zero attached hydrogens (tertiary/aromatic N) is 2. The molecule has 7 heteroatoms. The van der Waals surface area contributed by atoms with Crippen LogP contribution in [-0.2, 0) is 4.74 Å². The molecule has 1 amide bonds. The Bertz CT molecular complexity index is 1110. The van der Waals surface area contributed by atoms with Crippen LogP contribution in [0.4, 0.5) is 5.95 Å². The maximum Gasteiger partial charge on any atom is 0.258 e. The second-order valence-corrected chi connectivity index (χ2v) is 7.15. The highest BCUT2D eigenvalue weighted by Gasteiger charge is 2.17. The van der Waals surface area contributed by atoms with E-state index in [0.29, 0.717) is 23.1 Å². The number of rotatable bonds is 4. The Hall–Kier alpha value is -3.45. The number of carbonyl (C=O) groups excluding carboxylic acids is 1. The molecule has 4 aromatic rings. The zero-order valence-electron chi connectivity index (χ0n) is 15.7. The first-order chi connectivity index (χ1) is 14.3. The van der Waals surface area contributed by atoms with E-state index in [1.54, 1.807) is 0 Å². The third-order valence-electron chi connectivity index (χ3n) is 5.17. The van der Waals surface area contributed by atoms with E-state index >= 15 is 0 Å². The molecule has 7 nitrogen and oxygen atoms in total. The van der Waals surface area contributed by atoms with Gasteiger partial charge in [-0.15, -0.1) is 5.10 Å². The Morgan fingerprint density at radius 2 is 2.00 bits per heavy atom. The van der Waals surface area contributed by atoms with Crippen LogP contribution in [0.1, 0.15) is 34.7 Å². The number of para-hydroxylation sites is 1. The number of aromatic amines is 1. The molecule has 146 valence electrons. The molecule has 5 rings (SSSR count). The van der Waals surface area contributed by atoms with Gasteiger partial charge in [-0.05, 0) is 42.7 Å². The fourth-order valence-electron chi connectivity index (χ4n) is 3.61. The van der Waals surface area contributed by atoms with E-state index in [1.165, 1.54) is 5.56 Å². The van der Waals surface area contributed by atoms with Crippen molar-refractivity contribution >= 4 is 22.8 Å². The van der Waals surface area contributed by atoms with Gasteiger partial charge in [-0.1, -0.05) is 30.3 Å². The van der Waals surface area contributed by atoms with Gasteiger partial charge in [0.25, 0.3) is 5.91 Å². The van der Waals surface area contributed by atoms with Crippen molar-refractivity contribution in [3.63, 3.8) is 0 Å². The summed E-state index contributed by atoms with van der Waals surface area (Å²) < 4.78 is 11.3. The summed E-state index contributed by atoms with van der Waals surface area (Å²) in [5.74, 6) is 1.38. The molecule has 1 aliphatic rings. The van der Waals surface area contributed by atoms with Crippen LogP contribution >= 0.6 is 0 Å². The summed E-state index contributed by atoms with van der Waals surface area (Å²) in [6, 6.07) is 17.2. The van der Waals surface area contributed by atoms with Crippen LogP contribution in [0, 0.1) is 0 Å². The van der Waals surface area contributed by atoms with Gasteiger partial charge in [-0.3, -0.25) is 15.2 Å². The first kappa shape index (κ1) is 17.6. The average molecular weight is 388 g/mol. The lowest BCUT2D eigenvalue weighted by atomic mass is 9.93. The molecule has 1 saturated heterocycles. The Labute approximate surface area is 167 Å². The molecule has 0 bridgehead atoms. The zero-order valence-corrected chi connectivity index (χ0v) is 15.7. The van der Waals surface area contributed by atoms with Crippen molar-refractivity contribution in [2.24, 2.45) is 0 Å². The summed E-state index contributed by atoms with van der Waals surface area (Å²) in [5.41, 5.74) is 2.53. The smallest absolute Gasteiger partial charge is 0.258 e. The van der Waals surface area contributed by atoms with E-state index in [9.17, 15) is 4.79 Å². The van der Waals surface area contributed by atoms with Crippen LogP contribution in [0.25, 0.3) is 22.6 Å². The van der Waals surface area contributed by atoms with E-state index < -0.39 is 0 Å². The lowest BCUT2D eigenvalue weighted by molar-refractivity contribution is 0.0804. The molecule has 1 unspecified atom stereocenters. The number of benzene rings is 2. The Kier molecular flexibility index (Phi) is 4.57. The number of H-pyrrole nitrogens is 1. The zero-order chi connectivity index (χ0) is 19.6. The van der Waals surface area contributed by atoms with Gasteiger partial charge in [0.1, 0.15) is 5.58 Å². The number of carbonyl (C=O) groups is 1. The van der Waals surface area contributed by atoms with Gasteiger partial charge in [0, 0.05) is 23.5 Å². The molecular weight excluding hydrogens is 368 g/mol. The van der Waals surface area contributed by atoms with Crippen LogP contribution in [0.2, 0.25) is 0 Å². The number of amides is 1. The van der Waals surface area contributed by atoms with E-state index in [-0.39, 0.29) is 11.9 Å². The van der Waals surface area contributed by atoms with E-state index in [1.807, 2.05) is 54.6 Å². The summed E-state index contributed by atoms with van der Waals surface area (Å²) in [7, 11) is 0. The summed E-state index contributed by atoms with van der Waals surface area (Å²) in [6.45, 7) is 1.58. The van der Waals surface area contributed by atoms with Gasteiger partial charge in [-0.25, -0.2) is 0 Å². The predicted molar refractivity (Wildman–Crippen MR) is 109 cm³/mol. The fraction of sp³-hybridized carbons (Fsp3) is 0.227. The van der Waals surface area contributed by atoms with Crippen LogP contribution in [-0.4, -0.2) is 34.3 Å². The van der Waals surface area contributed by atoms with Gasteiger partial charge in [0.15, 0.2) is 11.6 Å². The first-order valence-corrected chi connectivity index (χ1v) is 9.67. The summed E-state index contributed by atoms with van der Waals surface area (Å²) in [6.07, 6.45) is 2.19. The second-order valence-electron chi connectivity index (χ2n) is 7.15. The average Bonchev–Trinajstić information content (AvgIpc) is 3.41. The first-order valence-electron chi connectivity index (χ1n) is 9.67. The fourth-order valence-corrected chi connectivity index (χ4v) is 3.61. The monoisotopic (exact) mass is 388 g/mol. The Morgan fingerprint density at radius 1 is 1.14 bits per heavy atom. The number of hydrogen-bond acceptors (Lipinski definition) is 5. The number of furan rings is 1. The molecule has 0 spiro atoms. The van der Waals surface area contributed by atoms with Crippen molar-refractivity contribution in [1.82, 2.24) is 15.2 Å². The van der Waals surface area contributed by atoms with Crippen LogP contribution < -0.4 is 5.32 Å². The van der Waals surface area contributed by atoms with Gasteiger partial charge >= 0.3 is 0 Å². The molecule has 1 aliphatic heterocycles. The highest BCUT2D eigenvalue weighted by molar-refractivity contribution is 6.03. The summed E-state index contributed by atoms with van der Waals surface area (Å²) in [4.78, 5) is 16.9. The van der Waals surface area contributed by atoms with Crippen molar-refractivity contribution in [3.05, 3.63) is 65.7 Å². The molecule has 1 fully saturated rings. The highest BCUT2D eigenvalue weighted by Crippen LogP contribution is 2.27. The van der Waals surface area contributed by atoms with E-state index in [4.69, 9.17) is 9.15 Å². The third-order valence-corrected chi connectivity index (χ3v) is 5.17. The molecule has 2 N–H and O–H groups in total. The Balaban J connectivity index is 1.28. The lowest BCUT2D eigenvalue weighted by Gasteiger charge is -2.22. The predicted octanol–water partition coefficient (Wildman–Crippen LogP) is 4.36. The minimum absolute atomic E-state index is 0.204. The van der Waals surface area contributed by atoms with Crippen molar-refractivity contribution in [3.8, 4) is 11.6 Å². The topological polar surface area (TPSA) is 93.0 Å². The van der Waals surface area contributed by atoms with E-state index in [0.717, 1.165) is 37.0 Å². The van der Waals surface area contributed by atoms with Crippen molar-refractivity contribution in [2.45, 2.75) is 18.8 Å². The van der Waals surface area contributed by atoms with Gasteiger partial charge < -0.3 is 9.15 Å². The minimum atomic E-state index is -0.258. The third kappa shape index (κ3) is 3.64. The standard InChI is InChI=1S/C22H20N4O3/c27-21(15-9-7-14(8-10-15)17-5-3-11-28-13-17)24-22-23-20(25-26-22)19-12-16-4-1-2-6-18(16)29-19/h1-2,4,6-10,12,17H,3,5,11,13H2,(H2,23,24,25,26,27). The summed E-state index contributed by atoms with van der Waals surface area (Å²) in [5, 5.41) is 10.6. The lowest BCUT2D eigenvalue weighted by Crippen LogP contribution is -2.16. The number of aromatic nitrogens is 3. The molecule has 0 radical (unpaired) electrons. The maximum atomic E-state index is 12.5. The van der Waals surface area contributed by atoms with Crippen LogP contribution in [0.5, 0.6) is 0 Å². The molecular formula is C22H20N4O3. The van der Waals surface area contributed by atoms with E-state index in [2.05, 4.69) is 20.5 Å². The summed E-state index contributed by atoms with van der Waals surface area (Å²) >= 11 is 0. The second kappa shape index (κ2) is 7.52. The number of anilines is 1. The molecule has 2 aromatic carbocycles. The largest absolute Gasteiger partial charge is 0.453 e. The SMILES string of the molecule is O=C(Nc1n[nH]c(-c2cc3ccccc3o2)n1)c1ccc(C2CCCOC2)cc1. The number of hydrogen-bond donors (Lipinski definition) is 2. The van der Waals surface area contributed by atoms with Crippen molar-refractivity contribution < 1.29 is 13.9 Å². The molecule has 0 saturated carbocycles. The van der Waals surface area contributed by atoms with Gasteiger partial charge in [0.2, 0.25) is 5.95 Å². The number of ether oxygens (including phenoxy) is 1.